The predicted molar refractivity (Wildman–Crippen MR) is 90.6 cm³/mol. The van der Waals surface area contributed by atoms with Gasteiger partial charge < -0.3 is 15.4 Å². The number of pyridine rings is 1. The van der Waals surface area contributed by atoms with Crippen LogP contribution in [0.5, 0.6) is 5.75 Å². The van der Waals surface area contributed by atoms with Crippen molar-refractivity contribution in [3.05, 3.63) is 59.9 Å². The van der Waals surface area contributed by atoms with E-state index in [0.717, 1.165) is 17.0 Å². The number of nitrogens with zero attached hydrogens (tertiary/aromatic N) is 1. The van der Waals surface area contributed by atoms with Crippen LogP contribution in [0.3, 0.4) is 0 Å². The third-order valence-corrected chi connectivity index (χ3v) is 3.26. The van der Waals surface area contributed by atoms with E-state index < -0.39 is 0 Å². The van der Waals surface area contributed by atoms with Crippen LogP contribution in [0.15, 0.2) is 48.7 Å². The molecule has 1 aromatic heterocycles. The third kappa shape index (κ3) is 6.38. The van der Waals surface area contributed by atoms with Gasteiger partial charge in [-0.25, -0.2) is 4.79 Å². The monoisotopic (exact) mass is 313 g/mol. The fourth-order valence-corrected chi connectivity index (χ4v) is 2.09. The molecule has 23 heavy (non-hydrogen) atoms. The molecule has 2 amide bonds. The van der Waals surface area contributed by atoms with Crippen LogP contribution in [0.4, 0.5) is 4.79 Å². The minimum Gasteiger partial charge on any atom is -0.491 e. The van der Waals surface area contributed by atoms with Crippen molar-refractivity contribution in [2.75, 3.05) is 13.2 Å². The standard InChI is InChI=1S/C18H23N3O2/c1-14-6-5-8-17(12-14)23-13-15(2)21-18(22)20-11-9-16-7-3-4-10-19-16/h3-8,10,12,15H,9,11,13H2,1-2H3,(H2,20,21,22). The van der Waals surface area contributed by atoms with E-state index in [1.54, 1.807) is 6.20 Å². The Balaban J connectivity index is 1.64. The summed E-state index contributed by atoms with van der Waals surface area (Å²) in [5, 5.41) is 5.68. The van der Waals surface area contributed by atoms with Gasteiger partial charge in [0, 0.05) is 24.9 Å². The van der Waals surface area contributed by atoms with Crippen molar-refractivity contribution in [2.24, 2.45) is 0 Å². The van der Waals surface area contributed by atoms with Gasteiger partial charge in [0.1, 0.15) is 12.4 Å². The number of rotatable bonds is 7. The average Bonchev–Trinajstić information content (AvgIpc) is 2.54. The van der Waals surface area contributed by atoms with E-state index in [4.69, 9.17) is 4.74 Å². The van der Waals surface area contributed by atoms with Crippen LogP contribution >= 0.6 is 0 Å². The molecule has 0 saturated heterocycles. The number of hydrogen-bond donors (Lipinski definition) is 2. The highest BCUT2D eigenvalue weighted by Gasteiger charge is 2.07. The Bertz CT molecular complexity index is 617. The summed E-state index contributed by atoms with van der Waals surface area (Å²) in [6.07, 6.45) is 2.46. The van der Waals surface area contributed by atoms with Crippen LogP contribution in [0.2, 0.25) is 0 Å². The molecular weight excluding hydrogens is 290 g/mol. The number of urea groups is 1. The van der Waals surface area contributed by atoms with Crippen LogP contribution in [-0.2, 0) is 6.42 Å². The number of hydrogen-bond acceptors (Lipinski definition) is 3. The topological polar surface area (TPSA) is 63.2 Å². The van der Waals surface area contributed by atoms with Crippen molar-refractivity contribution in [3.8, 4) is 5.75 Å². The van der Waals surface area contributed by atoms with E-state index in [1.165, 1.54) is 0 Å². The van der Waals surface area contributed by atoms with Gasteiger partial charge in [-0.05, 0) is 43.7 Å². The molecule has 0 aliphatic carbocycles. The number of ether oxygens (including phenoxy) is 1. The number of aryl methyl sites for hydroxylation is 1. The zero-order valence-corrected chi connectivity index (χ0v) is 13.6. The van der Waals surface area contributed by atoms with E-state index in [9.17, 15) is 4.79 Å². The fraction of sp³-hybridized carbons (Fsp3) is 0.333. The molecule has 0 spiro atoms. The van der Waals surface area contributed by atoms with Crippen molar-refractivity contribution < 1.29 is 9.53 Å². The Morgan fingerprint density at radius 2 is 2.13 bits per heavy atom. The van der Waals surface area contributed by atoms with Gasteiger partial charge in [0.05, 0.1) is 6.04 Å². The summed E-state index contributed by atoms with van der Waals surface area (Å²) < 4.78 is 5.67. The van der Waals surface area contributed by atoms with E-state index in [1.807, 2.05) is 56.3 Å². The van der Waals surface area contributed by atoms with Gasteiger partial charge >= 0.3 is 6.03 Å². The summed E-state index contributed by atoms with van der Waals surface area (Å²) >= 11 is 0. The number of aromatic nitrogens is 1. The van der Waals surface area contributed by atoms with E-state index in [-0.39, 0.29) is 12.1 Å². The predicted octanol–water partition coefficient (Wildman–Crippen LogP) is 2.70. The second kappa shape index (κ2) is 8.78. The molecule has 1 heterocycles. The molecule has 122 valence electrons. The largest absolute Gasteiger partial charge is 0.491 e. The molecule has 1 aromatic carbocycles. The molecule has 0 aliphatic heterocycles. The molecule has 0 bridgehead atoms. The maximum atomic E-state index is 11.8. The molecule has 0 aliphatic rings. The third-order valence-electron chi connectivity index (χ3n) is 3.26. The van der Waals surface area contributed by atoms with Gasteiger partial charge in [0.2, 0.25) is 0 Å². The maximum Gasteiger partial charge on any atom is 0.315 e. The van der Waals surface area contributed by atoms with Gasteiger partial charge in [0.15, 0.2) is 0 Å². The highest BCUT2D eigenvalue weighted by atomic mass is 16.5. The van der Waals surface area contributed by atoms with Crippen LogP contribution < -0.4 is 15.4 Å². The van der Waals surface area contributed by atoms with Gasteiger partial charge in [-0.2, -0.15) is 0 Å². The molecule has 0 fully saturated rings. The van der Waals surface area contributed by atoms with E-state index >= 15 is 0 Å². The van der Waals surface area contributed by atoms with E-state index in [0.29, 0.717) is 19.6 Å². The minimum absolute atomic E-state index is 0.0784. The normalized spacial score (nSPS) is 11.6. The molecule has 1 unspecified atom stereocenters. The Morgan fingerprint density at radius 1 is 1.26 bits per heavy atom. The summed E-state index contributed by atoms with van der Waals surface area (Å²) in [4.78, 5) is 16.0. The van der Waals surface area contributed by atoms with E-state index in [2.05, 4.69) is 15.6 Å². The SMILES string of the molecule is Cc1cccc(OCC(C)NC(=O)NCCc2ccccn2)c1. The highest BCUT2D eigenvalue weighted by Crippen LogP contribution is 2.12. The zero-order valence-electron chi connectivity index (χ0n) is 13.6. The summed E-state index contributed by atoms with van der Waals surface area (Å²) in [5.74, 6) is 0.814. The van der Waals surface area contributed by atoms with Crippen molar-refractivity contribution in [1.82, 2.24) is 15.6 Å². The number of amides is 2. The molecule has 0 radical (unpaired) electrons. The first-order chi connectivity index (χ1) is 11.1. The summed E-state index contributed by atoms with van der Waals surface area (Å²) in [6.45, 7) is 4.91. The first-order valence-electron chi connectivity index (χ1n) is 7.77. The maximum absolute atomic E-state index is 11.8. The minimum atomic E-state index is -0.193. The summed E-state index contributed by atoms with van der Waals surface area (Å²) in [7, 11) is 0. The highest BCUT2D eigenvalue weighted by molar-refractivity contribution is 5.74. The Kier molecular flexibility index (Phi) is 6.41. The quantitative estimate of drug-likeness (QED) is 0.826. The number of carbonyl (C=O) groups excluding carboxylic acids is 1. The average molecular weight is 313 g/mol. The Morgan fingerprint density at radius 3 is 2.87 bits per heavy atom. The number of carbonyl (C=O) groups is 1. The van der Waals surface area contributed by atoms with Crippen molar-refractivity contribution >= 4 is 6.03 Å². The molecule has 1 atom stereocenters. The smallest absolute Gasteiger partial charge is 0.315 e. The molecular formula is C18H23N3O2. The number of benzene rings is 1. The van der Waals surface area contributed by atoms with Crippen molar-refractivity contribution in [2.45, 2.75) is 26.3 Å². The molecule has 5 heteroatoms. The Labute approximate surface area is 137 Å². The fourth-order valence-electron chi connectivity index (χ4n) is 2.09. The van der Waals surface area contributed by atoms with Gasteiger partial charge in [-0.15, -0.1) is 0 Å². The van der Waals surface area contributed by atoms with Crippen molar-refractivity contribution in [3.63, 3.8) is 0 Å². The second-order valence-corrected chi connectivity index (χ2v) is 5.50. The summed E-state index contributed by atoms with van der Waals surface area (Å²) in [6, 6.07) is 13.3. The lowest BCUT2D eigenvalue weighted by Crippen LogP contribution is -2.43. The molecule has 2 aromatic rings. The lowest BCUT2D eigenvalue weighted by atomic mass is 10.2. The van der Waals surface area contributed by atoms with Gasteiger partial charge in [-0.1, -0.05) is 18.2 Å². The second-order valence-electron chi connectivity index (χ2n) is 5.50. The molecule has 0 saturated carbocycles. The molecule has 5 nitrogen and oxygen atoms in total. The Hall–Kier alpha value is -2.56. The van der Waals surface area contributed by atoms with Crippen LogP contribution in [0.1, 0.15) is 18.2 Å². The van der Waals surface area contributed by atoms with Crippen LogP contribution in [-0.4, -0.2) is 30.2 Å². The van der Waals surface area contributed by atoms with Crippen LogP contribution in [0, 0.1) is 6.92 Å². The molecule has 2 N–H and O–H groups in total. The number of nitrogens with one attached hydrogen (secondary N) is 2. The lowest BCUT2D eigenvalue weighted by Gasteiger charge is -2.15. The van der Waals surface area contributed by atoms with Gasteiger partial charge in [-0.3, -0.25) is 4.98 Å². The first-order valence-corrected chi connectivity index (χ1v) is 7.77. The zero-order chi connectivity index (χ0) is 16.5. The van der Waals surface area contributed by atoms with Crippen molar-refractivity contribution in [1.29, 1.82) is 0 Å². The summed E-state index contributed by atoms with van der Waals surface area (Å²) in [5.41, 5.74) is 2.11. The van der Waals surface area contributed by atoms with Gasteiger partial charge in [0.25, 0.3) is 0 Å². The lowest BCUT2D eigenvalue weighted by molar-refractivity contribution is 0.226. The molecule has 2 rings (SSSR count). The first kappa shape index (κ1) is 16.8. The van der Waals surface area contributed by atoms with Crippen LogP contribution in [0.25, 0.3) is 0 Å².